The highest BCUT2D eigenvalue weighted by molar-refractivity contribution is 7.98. The molecule has 0 aliphatic heterocycles. The molecule has 74 valence electrons. The lowest BCUT2D eigenvalue weighted by molar-refractivity contribution is -0.0381. The molecule has 0 amide bonds. The van der Waals surface area contributed by atoms with Crippen LogP contribution in [0.2, 0.25) is 0 Å². The van der Waals surface area contributed by atoms with Crippen molar-refractivity contribution in [3.63, 3.8) is 0 Å². The molecule has 0 spiro atoms. The molecule has 0 atom stereocenters. The Bertz CT molecular complexity index is 174. The maximum absolute atomic E-state index is 2.29. The number of thioether (sulfide) groups is 1. The molecule has 1 heteroatoms. The van der Waals surface area contributed by atoms with Crippen molar-refractivity contribution in [2.24, 2.45) is 23.2 Å². The van der Waals surface area contributed by atoms with Gasteiger partial charge < -0.3 is 0 Å². The molecule has 4 bridgehead atoms. The zero-order chi connectivity index (χ0) is 8.89. The van der Waals surface area contributed by atoms with Crippen LogP contribution in [0.1, 0.15) is 38.5 Å². The van der Waals surface area contributed by atoms with Crippen LogP contribution in [0.25, 0.3) is 0 Å². The van der Waals surface area contributed by atoms with Crippen molar-refractivity contribution >= 4 is 11.8 Å². The van der Waals surface area contributed by atoms with Crippen LogP contribution in [0.5, 0.6) is 0 Å². The summed E-state index contributed by atoms with van der Waals surface area (Å²) in [5.74, 6) is 4.87. The third kappa shape index (κ3) is 1.35. The summed E-state index contributed by atoms with van der Waals surface area (Å²) in [4.78, 5) is 0. The third-order valence-corrected chi connectivity index (χ3v) is 5.52. The summed E-state index contributed by atoms with van der Waals surface area (Å²) in [5, 5.41) is 0. The van der Waals surface area contributed by atoms with Gasteiger partial charge in [0.05, 0.1) is 0 Å². The van der Waals surface area contributed by atoms with Crippen molar-refractivity contribution in [1.29, 1.82) is 0 Å². The molecule has 4 fully saturated rings. The molecule has 0 aromatic heterocycles. The second kappa shape index (κ2) is 2.92. The Morgan fingerprint density at radius 3 is 1.85 bits per heavy atom. The SMILES string of the molecule is CSCC12CC3CC(CC(C3)C1)C2. The van der Waals surface area contributed by atoms with E-state index in [1.54, 1.807) is 38.5 Å². The van der Waals surface area contributed by atoms with Crippen LogP contribution in [0.15, 0.2) is 0 Å². The Morgan fingerprint density at radius 2 is 1.46 bits per heavy atom. The Balaban J connectivity index is 1.83. The Hall–Kier alpha value is 0.350. The smallest absolute Gasteiger partial charge is 0.00133 e. The van der Waals surface area contributed by atoms with Crippen molar-refractivity contribution < 1.29 is 0 Å². The minimum Gasteiger partial charge on any atom is -0.165 e. The quantitative estimate of drug-likeness (QED) is 0.650. The van der Waals surface area contributed by atoms with Crippen LogP contribution in [-0.2, 0) is 0 Å². The molecule has 13 heavy (non-hydrogen) atoms. The monoisotopic (exact) mass is 196 g/mol. The Labute approximate surface area is 85.9 Å². The summed E-state index contributed by atoms with van der Waals surface area (Å²) < 4.78 is 0. The molecule has 0 unspecified atom stereocenters. The minimum atomic E-state index is 0.814. The molecule has 4 saturated carbocycles. The van der Waals surface area contributed by atoms with E-state index < -0.39 is 0 Å². The van der Waals surface area contributed by atoms with Crippen molar-refractivity contribution in [3.8, 4) is 0 Å². The van der Waals surface area contributed by atoms with Crippen LogP contribution in [0.3, 0.4) is 0 Å². The first kappa shape index (κ1) is 8.64. The lowest BCUT2D eigenvalue weighted by Gasteiger charge is -2.56. The van der Waals surface area contributed by atoms with Gasteiger partial charge in [-0.25, -0.2) is 0 Å². The molecule has 0 N–H and O–H groups in total. The number of hydrogen-bond acceptors (Lipinski definition) is 1. The molecule has 4 rings (SSSR count). The van der Waals surface area contributed by atoms with E-state index in [0.29, 0.717) is 0 Å². The Kier molecular flexibility index (Phi) is 1.94. The Morgan fingerprint density at radius 1 is 1.00 bits per heavy atom. The summed E-state index contributed by atoms with van der Waals surface area (Å²) in [6.07, 6.45) is 11.8. The standard InChI is InChI=1S/C12H20S/c1-13-8-12-5-9-2-10(6-12)4-11(3-9)7-12/h9-11H,2-8H2,1H3. The maximum Gasteiger partial charge on any atom is -0.00133 e. The fourth-order valence-electron chi connectivity index (χ4n) is 4.77. The topological polar surface area (TPSA) is 0 Å². The van der Waals surface area contributed by atoms with E-state index in [9.17, 15) is 0 Å². The molecule has 0 nitrogen and oxygen atoms in total. The van der Waals surface area contributed by atoms with Crippen molar-refractivity contribution in [3.05, 3.63) is 0 Å². The highest BCUT2D eigenvalue weighted by atomic mass is 32.2. The van der Waals surface area contributed by atoms with Gasteiger partial charge in [0.25, 0.3) is 0 Å². The van der Waals surface area contributed by atoms with Gasteiger partial charge in [-0.3, -0.25) is 0 Å². The van der Waals surface area contributed by atoms with Crippen molar-refractivity contribution in [2.75, 3.05) is 12.0 Å². The lowest BCUT2D eigenvalue weighted by atomic mass is 9.50. The zero-order valence-electron chi connectivity index (χ0n) is 8.59. The van der Waals surface area contributed by atoms with E-state index in [4.69, 9.17) is 0 Å². The summed E-state index contributed by atoms with van der Waals surface area (Å²) in [6, 6.07) is 0. The summed E-state index contributed by atoms with van der Waals surface area (Å²) in [6.45, 7) is 0. The van der Waals surface area contributed by atoms with Gasteiger partial charge in [0, 0.05) is 0 Å². The average molecular weight is 196 g/mol. The fraction of sp³-hybridized carbons (Fsp3) is 1.00. The van der Waals surface area contributed by atoms with Crippen molar-refractivity contribution in [1.82, 2.24) is 0 Å². The van der Waals surface area contributed by atoms with Crippen LogP contribution < -0.4 is 0 Å². The summed E-state index contributed by atoms with van der Waals surface area (Å²) in [7, 11) is 0. The first-order chi connectivity index (χ1) is 6.30. The van der Waals surface area contributed by atoms with Crippen molar-refractivity contribution in [2.45, 2.75) is 38.5 Å². The van der Waals surface area contributed by atoms with E-state index in [2.05, 4.69) is 18.0 Å². The predicted octanol–water partition coefficient (Wildman–Crippen LogP) is 3.57. The van der Waals surface area contributed by atoms with Crippen LogP contribution in [0, 0.1) is 23.2 Å². The maximum atomic E-state index is 2.29. The second-order valence-corrected chi connectivity index (χ2v) is 6.72. The van der Waals surface area contributed by atoms with Crippen LogP contribution in [0.4, 0.5) is 0 Å². The van der Waals surface area contributed by atoms with E-state index in [1.165, 1.54) is 5.75 Å². The first-order valence-electron chi connectivity index (χ1n) is 5.79. The highest BCUT2D eigenvalue weighted by Crippen LogP contribution is 2.60. The molecule has 0 aromatic carbocycles. The van der Waals surface area contributed by atoms with E-state index in [1.807, 2.05) is 0 Å². The number of hydrogen-bond donors (Lipinski definition) is 0. The fourth-order valence-corrected chi connectivity index (χ4v) is 5.74. The molecular weight excluding hydrogens is 176 g/mol. The molecule has 0 saturated heterocycles. The van der Waals surface area contributed by atoms with Gasteiger partial charge in [-0.1, -0.05) is 0 Å². The first-order valence-corrected chi connectivity index (χ1v) is 7.18. The van der Waals surface area contributed by atoms with Gasteiger partial charge in [0.2, 0.25) is 0 Å². The lowest BCUT2D eigenvalue weighted by Crippen LogP contribution is -2.47. The third-order valence-electron chi connectivity index (χ3n) is 4.62. The molecule has 0 heterocycles. The normalized spacial score (nSPS) is 52.8. The molecule has 0 aromatic rings. The molecular formula is C12H20S. The van der Waals surface area contributed by atoms with Gasteiger partial charge in [-0.2, -0.15) is 11.8 Å². The van der Waals surface area contributed by atoms with E-state index >= 15 is 0 Å². The zero-order valence-corrected chi connectivity index (χ0v) is 9.41. The van der Waals surface area contributed by atoms with Gasteiger partial charge in [-0.15, -0.1) is 0 Å². The average Bonchev–Trinajstić information content (AvgIpc) is 2.00. The van der Waals surface area contributed by atoms with E-state index in [0.717, 1.165) is 23.2 Å². The second-order valence-electron chi connectivity index (χ2n) is 5.85. The molecule has 4 aliphatic rings. The van der Waals surface area contributed by atoms with Crippen LogP contribution in [-0.4, -0.2) is 12.0 Å². The summed E-state index contributed by atoms with van der Waals surface area (Å²) >= 11 is 2.09. The van der Waals surface area contributed by atoms with Gasteiger partial charge in [0.1, 0.15) is 0 Å². The van der Waals surface area contributed by atoms with Gasteiger partial charge >= 0.3 is 0 Å². The molecule has 4 aliphatic carbocycles. The minimum absolute atomic E-state index is 0.814. The predicted molar refractivity (Wildman–Crippen MR) is 59.0 cm³/mol. The molecule has 0 radical (unpaired) electrons. The van der Waals surface area contributed by atoms with Gasteiger partial charge in [0.15, 0.2) is 0 Å². The van der Waals surface area contributed by atoms with E-state index in [-0.39, 0.29) is 0 Å². The number of rotatable bonds is 2. The highest BCUT2D eigenvalue weighted by Gasteiger charge is 2.50. The van der Waals surface area contributed by atoms with Crippen LogP contribution >= 0.6 is 11.8 Å². The largest absolute Gasteiger partial charge is 0.165 e. The summed E-state index contributed by atoms with van der Waals surface area (Å²) in [5.41, 5.74) is 0.814. The van der Waals surface area contributed by atoms with Gasteiger partial charge in [-0.05, 0) is 73.7 Å².